The molecule has 0 amide bonds. The maximum Gasteiger partial charge on any atom is 0.150 e. The van der Waals surface area contributed by atoms with Crippen molar-refractivity contribution in [2.75, 3.05) is 23.3 Å². The average Bonchev–Trinajstić information content (AvgIpc) is 2.67. The van der Waals surface area contributed by atoms with Gasteiger partial charge >= 0.3 is 0 Å². The van der Waals surface area contributed by atoms with Gasteiger partial charge in [0.05, 0.1) is 10.0 Å². The SMILES string of the molecule is CCNc1nc(N2CCCCCC2CC)c(Cl)cc1Cl. The number of nitrogens with zero attached hydrogens (tertiary/aromatic N) is 2. The van der Waals surface area contributed by atoms with Gasteiger partial charge in [-0.25, -0.2) is 4.98 Å². The highest BCUT2D eigenvalue weighted by Gasteiger charge is 2.23. The summed E-state index contributed by atoms with van der Waals surface area (Å²) >= 11 is 12.6. The van der Waals surface area contributed by atoms with Gasteiger partial charge in [-0.2, -0.15) is 0 Å². The Bertz CT molecular complexity index is 451. The Morgan fingerprint density at radius 2 is 2.05 bits per heavy atom. The van der Waals surface area contributed by atoms with E-state index in [4.69, 9.17) is 23.2 Å². The van der Waals surface area contributed by atoms with Crippen LogP contribution in [0.5, 0.6) is 0 Å². The van der Waals surface area contributed by atoms with E-state index in [0.29, 0.717) is 16.1 Å². The first kappa shape index (κ1) is 15.7. The Morgan fingerprint density at radius 1 is 1.25 bits per heavy atom. The number of rotatable bonds is 4. The van der Waals surface area contributed by atoms with Crippen molar-refractivity contribution in [3.8, 4) is 0 Å². The highest BCUT2D eigenvalue weighted by Crippen LogP contribution is 2.34. The van der Waals surface area contributed by atoms with Crippen molar-refractivity contribution in [1.29, 1.82) is 0 Å². The number of anilines is 2. The normalized spacial score (nSPS) is 19.8. The summed E-state index contributed by atoms with van der Waals surface area (Å²) < 4.78 is 0. The number of hydrogen-bond acceptors (Lipinski definition) is 3. The van der Waals surface area contributed by atoms with Gasteiger partial charge in [-0.05, 0) is 32.3 Å². The Hall–Kier alpha value is -0.670. The summed E-state index contributed by atoms with van der Waals surface area (Å²) in [5, 5.41) is 4.44. The number of pyridine rings is 1. The summed E-state index contributed by atoms with van der Waals surface area (Å²) in [5.41, 5.74) is 0. The molecule has 0 aromatic carbocycles. The topological polar surface area (TPSA) is 28.2 Å². The van der Waals surface area contributed by atoms with Gasteiger partial charge in [-0.15, -0.1) is 0 Å². The molecule has 1 fully saturated rings. The molecule has 1 atom stereocenters. The lowest BCUT2D eigenvalue weighted by molar-refractivity contribution is 0.552. The van der Waals surface area contributed by atoms with E-state index in [-0.39, 0.29) is 0 Å². The second-order valence-corrected chi connectivity index (χ2v) is 6.07. The Balaban J connectivity index is 2.35. The summed E-state index contributed by atoms with van der Waals surface area (Å²) in [5.74, 6) is 1.61. The van der Waals surface area contributed by atoms with Crippen molar-refractivity contribution in [2.45, 2.75) is 52.0 Å². The van der Waals surface area contributed by atoms with Crippen LogP contribution in [0.3, 0.4) is 0 Å². The van der Waals surface area contributed by atoms with Gasteiger partial charge in [0, 0.05) is 19.1 Å². The molecule has 1 unspecified atom stereocenters. The molecule has 0 spiro atoms. The van der Waals surface area contributed by atoms with Gasteiger partial charge in [-0.1, -0.05) is 43.0 Å². The van der Waals surface area contributed by atoms with Crippen molar-refractivity contribution in [3.05, 3.63) is 16.1 Å². The Morgan fingerprint density at radius 3 is 2.75 bits per heavy atom. The molecule has 1 N–H and O–H groups in total. The second-order valence-electron chi connectivity index (χ2n) is 5.26. The molecular formula is C15H23Cl2N3. The largest absolute Gasteiger partial charge is 0.369 e. The average molecular weight is 316 g/mol. The molecule has 1 saturated heterocycles. The van der Waals surface area contributed by atoms with Gasteiger partial charge < -0.3 is 10.2 Å². The summed E-state index contributed by atoms with van der Waals surface area (Å²) in [4.78, 5) is 7.04. The first-order valence-corrected chi connectivity index (χ1v) is 8.29. The number of aromatic nitrogens is 1. The summed E-state index contributed by atoms with van der Waals surface area (Å²) in [6.07, 6.45) is 6.12. The zero-order valence-electron chi connectivity index (χ0n) is 12.3. The molecule has 0 bridgehead atoms. The van der Waals surface area contributed by atoms with Gasteiger partial charge in [0.2, 0.25) is 0 Å². The van der Waals surface area contributed by atoms with Crippen LogP contribution in [-0.4, -0.2) is 24.1 Å². The van der Waals surface area contributed by atoms with E-state index in [1.165, 1.54) is 25.7 Å². The van der Waals surface area contributed by atoms with Crippen LogP contribution < -0.4 is 10.2 Å². The molecule has 0 aliphatic carbocycles. The van der Waals surface area contributed by atoms with Crippen molar-refractivity contribution in [3.63, 3.8) is 0 Å². The fourth-order valence-electron chi connectivity index (χ4n) is 2.83. The molecule has 0 saturated carbocycles. The van der Waals surface area contributed by atoms with Crippen molar-refractivity contribution >= 4 is 34.8 Å². The summed E-state index contributed by atoms with van der Waals surface area (Å²) in [6.45, 7) is 6.09. The lowest BCUT2D eigenvalue weighted by Gasteiger charge is -2.31. The standard InChI is InChI=1S/C15H23Cl2N3/c1-3-11-8-6-5-7-9-20(11)15-13(17)10-12(16)14(19-15)18-4-2/h10-11H,3-9H2,1-2H3,(H,18,19). The third-order valence-electron chi connectivity index (χ3n) is 3.88. The predicted octanol–water partition coefficient (Wildman–Crippen LogP) is 4.98. The Labute approximate surface area is 131 Å². The molecule has 1 aromatic rings. The van der Waals surface area contributed by atoms with E-state index >= 15 is 0 Å². The van der Waals surface area contributed by atoms with Crippen molar-refractivity contribution < 1.29 is 0 Å². The van der Waals surface area contributed by atoms with Crippen molar-refractivity contribution in [2.24, 2.45) is 0 Å². The molecule has 0 radical (unpaired) electrons. The van der Waals surface area contributed by atoms with Crippen LogP contribution in [0, 0.1) is 0 Å². The zero-order valence-corrected chi connectivity index (χ0v) is 13.8. The van der Waals surface area contributed by atoms with Gasteiger partial charge in [0.15, 0.2) is 0 Å². The molecule has 1 aliphatic rings. The summed E-state index contributed by atoms with van der Waals surface area (Å²) in [6, 6.07) is 2.33. The van der Waals surface area contributed by atoms with E-state index in [2.05, 4.69) is 22.1 Å². The molecular weight excluding hydrogens is 293 g/mol. The molecule has 1 aromatic heterocycles. The third kappa shape index (κ3) is 3.50. The molecule has 2 rings (SSSR count). The van der Waals surface area contributed by atoms with Crippen LogP contribution in [0.1, 0.15) is 46.0 Å². The van der Waals surface area contributed by atoms with Gasteiger partial charge in [-0.3, -0.25) is 0 Å². The minimum absolute atomic E-state index is 0.526. The van der Waals surface area contributed by atoms with E-state index < -0.39 is 0 Å². The highest BCUT2D eigenvalue weighted by molar-refractivity contribution is 6.37. The van der Waals surface area contributed by atoms with Gasteiger partial charge in [0.25, 0.3) is 0 Å². The van der Waals surface area contributed by atoms with Crippen LogP contribution in [0.25, 0.3) is 0 Å². The minimum Gasteiger partial charge on any atom is -0.369 e. The van der Waals surface area contributed by atoms with Crippen LogP contribution in [0.4, 0.5) is 11.6 Å². The smallest absolute Gasteiger partial charge is 0.150 e. The number of nitrogens with one attached hydrogen (secondary N) is 1. The van der Waals surface area contributed by atoms with E-state index in [1.807, 2.05) is 6.92 Å². The van der Waals surface area contributed by atoms with E-state index in [9.17, 15) is 0 Å². The second kappa shape index (κ2) is 7.37. The highest BCUT2D eigenvalue weighted by atomic mass is 35.5. The molecule has 2 heterocycles. The molecule has 3 nitrogen and oxygen atoms in total. The lowest BCUT2D eigenvalue weighted by Crippen LogP contribution is -2.35. The maximum atomic E-state index is 6.39. The van der Waals surface area contributed by atoms with Crippen LogP contribution >= 0.6 is 23.2 Å². The fourth-order valence-corrected chi connectivity index (χ4v) is 3.36. The lowest BCUT2D eigenvalue weighted by atomic mass is 10.1. The number of halogens is 2. The van der Waals surface area contributed by atoms with Crippen LogP contribution in [0.15, 0.2) is 6.07 Å². The quantitative estimate of drug-likeness (QED) is 0.849. The first-order chi connectivity index (χ1) is 9.67. The van der Waals surface area contributed by atoms with E-state index in [0.717, 1.165) is 31.1 Å². The number of hydrogen-bond donors (Lipinski definition) is 1. The van der Waals surface area contributed by atoms with E-state index in [1.54, 1.807) is 6.07 Å². The maximum absolute atomic E-state index is 6.39. The predicted molar refractivity (Wildman–Crippen MR) is 88.3 cm³/mol. The first-order valence-electron chi connectivity index (χ1n) is 7.53. The monoisotopic (exact) mass is 315 g/mol. The van der Waals surface area contributed by atoms with Crippen molar-refractivity contribution in [1.82, 2.24) is 4.98 Å². The molecule has 112 valence electrons. The van der Waals surface area contributed by atoms with Crippen LogP contribution in [-0.2, 0) is 0 Å². The summed E-state index contributed by atoms with van der Waals surface area (Å²) in [7, 11) is 0. The van der Waals surface area contributed by atoms with Crippen LogP contribution in [0.2, 0.25) is 10.0 Å². The molecule has 1 aliphatic heterocycles. The Kier molecular flexibility index (Phi) is 5.79. The fraction of sp³-hybridized carbons (Fsp3) is 0.667. The minimum atomic E-state index is 0.526. The molecule has 20 heavy (non-hydrogen) atoms. The van der Waals surface area contributed by atoms with Gasteiger partial charge in [0.1, 0.15) is 11.6 Å². The zero-order chi connectivity index (χ0) is 14.5. The third-order valence-corrected chi connectivity index (χ3v) is 4.44. The molecule has 5 heteroatoms.